The summed E-state index contributed by atoms with van der Waals surface area (Å²) in [7, 11) is 0. The lowest BCUT2D eigenvalue weighted by atomic mass is 10.1. The lowest BCUT2D eigenvalue weighted by molar-refractivity contribution is -0.125. The zero-order valence-corrected chi connectivity index (χ0v) is 13.5. The number of nitrogens with one attached hydrogen (secondary N) is 3. The number of anilines is 1. The van der Waals surface area contributed by atoms with Crippen LogP contribution in [0.15, 0.2) is 42.5 Å². The molecule has 1 unspecified atom stereocenters. The number of halogens is 1. The van der Waals surface area contributed by atoms with Gasteiger partial charge in [0.15, 0.2) is 0 Å². The van der Waals surface area contributed by atoms with Gasteiger partial charge in [-0.15, -0.1) is 12.4 Å². The number of rotatable bonds is 4. The average Bonchev–Trinajstić information content (AvgIpc) is 3.07. The molecule has 1 saturated heterocycles. The second kappa shape index (κ2) is 7.94. The van der Waals surface area contributed by atoms with Gasteiger partial charge in [0.1, 0.15) is 0 Å². The third kappa shape index (κ3) is 4.21. The van der Waals surface area contributed by atoms with Crippen molar-refractivity contribution in [2.24, 2.45) is 0 Å². The Kier molecular flexibility index (Phi) is 5.96. The van der Waals surface area contributed by atoms with Crippen molar-refractivity contribution in [1.29, 1.82) is 0 Å². The average molecular weight is 334 g/mol. The number of carbonyl (C=O) groups is 2. The second-order valence-electron chi connectivity index (χ2n) is 5.44. The first kappa shape index (κ1) is 17.2. The standard InChI is InChI=1S/C17H19N3O2.ClH/c21-16(11-19-17(22)15-9-4-10-18-15)20-14-8-3-6-12-5-1-2-7-13(12)14;/h1-3,5-8,15,18H,4,9-11H2,(H,19,22)(H,20,21);1H. The molecule has 1 fully saturated rings. The largest absolute Gasteiger partial charge is 0.346 e. The number of amides is 2. The molecule has 1 aliphatic rings. The summed E-state index contributed by atoms with van der Waals surface area (Å²) in [6.07, 6.45) is 1.83. The first-order chi connectivity index (χ1) is 10.7. The lowest BCUT2D eigenvalue weighted by Crippen LogP contribution is -2.43. The van der Waals surface area contributed by atoms with Crippen LogP contribution in [0.2, 0.25) is 0 Å². The Balaban J connectivity index is 0.00000192. The highest BCUT2D eigenvalue weighted by Gasteiger charge is 2.22. The van der Waals surface area contributed by atoms with E-state index in [9.17, 15) is 9.59 Å². The molecular weight excluding hydrogens is 314 g/mol. The van der Waals surface area contributed by atoms with Gasteiger partial charge in [-0.25, -0.2) is 0 Å². The SMILES string of the molecule is Cl.O=C(CNC(=O)C1CCCN1)Nc1cccc2ccccc12. The molecule has 0 aliphatic carbocycles. The number of benzene rings is 2. The van der Waals surface area contributed by atoms with Crippen molar-refractivity contribution in [3.63, 3.8) is 0 Å². The Morgan fingerprint density at radius 1 is 1.13 bits per heavy atom. The van der Waals surface area contributed by atoms with Crippen LogP contribution in [0.1, 0.15) is 12.8 Å². The maximum Gasteiger partial charge on any atom is 0.243 e. The number of hydrogen-bond acceptors (Lipinski definition) is 3. The minimum absolute atomic E-state index is 0. The van der Waals surface area contributed by atoms with Gasteiger partial charge in [-0.3, -0.25) is 9.59 Å². The quantitative estimate of drug-likeness (QED) is 0.802. The van der Waals surface area contributed by atoms with Crippen molar-refractivity contribution in [1.82, 2.24) is 10.6 Å². The molecule has 0 aromatic heterocycles. The summed E-state index contributed by atoms with van der Waals surface area (Å²) < 4.78 is 0. The van der Waals surface area contributed by atoms with Gasteiger partial charge in [0.05, 0.1) is 12.6 Å². The third-order valence-corrected chi connectivity index (χ3v) is 3.86. The zero-order valence-electron chi connectivity index (χ0n) is 12.7. The zero-order chi connectivity index (χ0) is 15.4. The van der Waals surface area contributed by atoms with Crippen LogP contribution in [0.5, 0.6) is 0 Å². The minimum atomic E-state index is -0.220. The smallest absolute Gasteiger partial charge is 0.243 e. The first-order valence-corrected chi connectivity index (χ1v) is 7.53. The normalized spacial score (nSPS) is 16.6. The van der Waals surface area contributed by atoms with E-state index >= 15 is 0 Å². The van der Waals surface area contributed by atoms with Gasteiger partial charge in [0.2, 0.25) is 11.8 Å². The molecule has 23 heavy (non-hydrogen) atoms. The topological polar surface area (TPSA) is 70.2 Å². The molecule has 1 aliphatic heterocycles. The summed E-state index contributed by atoms with van der Waals surface area (Å²) in [4.78, 5) is 23.9. The van der Waals surface area contributed by atoms with Crippen molar-refractivity contribution in [3.05, 3.63) is 42.5 Å². The van der Waals surface area contributed by atoms with Gasteiger partial charge in [0, 0.05) is 11.1 Å². The summed E-state index contributed by atoms with van der Waals surface area (Å²) >= 11 is 0. The maximum atomic E-state index is 12.0. The highest BCUT2D eigenvalue weighted by molar-refractivity contribution is 6.03. The van der Waals surface area contributed by atoms with E-state index < -0.39 is 0 Å². The fraction of sp³-hybridized carbons (Fsp3) is 0.294. The van der Waals surface area contributed by atoms with Crippen LogP contribution in [0, 0.1) is 0 Å². The predicted octanol–water partition coefficient (Wildman–Crippen LogP) is 2.07. The number of carbonyl (C=O) groups excluding carboxylic acids is 2. The molecular formula is C17H20ClN3O2. The molecule has 2 aromatic carbocycles. The molecule has 1 atom stereocenters. The monoisotopic (exact) mass is 333 g/mol. The number of fused-ring (bicyclic) bond motifs is 1. The first-order valence-electron chi connectivity index (χ1n) is 7.53. The van der Waals surface area contributed by atoms with E-state index in [1.165, 1.54) is 0 Å². The van der Waals surface area contributed by atoms with Crippen molar-refractivity contribution in [3.8, 4) is 0 Å². The van der Waals surface area contributed by atoms with Gasteiger partial charge in [0.25, 0.3) is 0 Å². The minimum Gasteiger partial charge on any atom is -0.346 e. The van der Waals surface area contributed by atoms with Gasteiger partial charge < -0.3 is 16.0 Å². The molecule has 0 bridgehead atoms. The Hall–Kier alpha value is -2.11. The molecule has 2 aromatic rings. The molecule has 3 N–H and O–H groups in total. The summed E-state index contributed by atoms with van der Waals surface area (Å²) in [5.74, 6) is -0.326. The summed E-state index contributed by atoms with van der Waals surface area (Å²) in [6, 6.07) is 13.5. The molecule has 122 valence electrons. The Labute approximate surface area is 141 Å². The van der Waals surface area contributed by atoms with Crippen LogP contribution in [-0.4, -0.2) is 30.9 Å². The van der Waals surface area contributed by atoms with Gasteiger partial charge >= 0.3 is 0 Å². The highest BCUT2D eigenvalue weighted by atomic mass is 35.5. The molecule has 5 nitrogen and oxygen atoms in total. The summed E-state index contributed by atoms with van der Waals surface area (Å²) in [5.41, 5.74) is 0.761. The van der Waals surface area contributed by atoms with Crippen molar-refractivity contribution in [2.45, 2.75) is 18.9 Å². The molecule has 3 rings (SSSR count). The molecule has 1 heterocycles. The second-order valence-corrected chi connectivity index (χ2v) is 5.44. The number of hydrogen-bond donors (Lipinski definition) is 3. The van der Waals surface area contributed by atoms with Crippen LogP contribution < -0.4 is 16.0 Å². The molecule has 6 heteroatoms. The summed E-state index contributed by atoms with van der Waals surface area (Å²) in [6.45, 7) is 0.848. The fourth-order valence-corrected chi connectivity index (χ4v) is 2.73. The van der Waals surface area contributed by atoms with E-state index in [2.05, 4.69) is 16.0 Å². The third-order valence-electron chi connectivity index (χ3n) is 3.86. The van der Waals surface area contributed by atoms with E-state index in [4.69, 9.17) is 0 Å². The lowest BCUT2D eigenvalue weighted by Gasteiger charge is -2.12. The van der Waals surface area contributed by atoms with Crippen LogP contribution in [0.25, 0.3) is 10.8 Å². The molecule has 2 amide bonds. The van der Waals surface area contributed by atoms with E-state index in [-0.39, 0.29) is 36.8 Å². The van der Waals surface area contributed by atoms with Crippen LogP contribution in [0.3, 0.4) is 0 Å². The molecule has 0 radical (unpaired) electrons. The van der Waals surface area contributed by atoms with Crippen molar-refractivity contribution in [2.75, 3.05) is 18.4 Å². The van der Waals surface area contributed by atoms with E-state index in [0.29, 0.717) is 0 Å². The fourth-order valence-electron chi connectivity index (χ4n) is 2.73. The predicted molar refractivity (Wildman–Crippen MR) is 93.9 cm³/mol. The summed E-state index contributed by atoms with van der Waals surface area (Å²) in [5, 5.41) is 10.7. The molecule has 0 spiro atoms. The van der Waals surface area contributed by atoms with E-state index in [1.54, 1.807) is 0 Å². The van der Waals surface area contributed by atoms with E-state index in [0.717, 1.165) is 35.8 Å². The molecule has 0 saturated carbocycles. The maximum absolute atomic E-state index is 12.0. The van der Waals surface area contributed by atoms with Crippen molar-refractivity contribution >= 4 is 40.7 Å². The van der Waals surface area contributed by atoms with Crippen LogP contribution in [-0.2, 0) is 9.59 Å². The van der Waals surface area contributed by atoms with Crippen LogP contribution in [0.4, 0.5) is 5.69 Å². The van der Waals surface area contributed by atoms with Crippen LogP contribution >= 0.6 is 12.4 Å². The van der Waals surface area contributed by atoms with Crippen molar-refractivity contribution < 1.29 is 9.59 Å². The highest BCUT2D eigenvalue weighted by Crippen LogP contribution is 2.22. The van der Waals surface area contributed by atoms with E-state index in [1.807, 2.05) is 42.5 Å². The Bertz CT molecular complexity index is 694. The van der Waals surface area contributed by atoms with Gasteiger partial charge in [-0.05, 0) is 30.8 Å². The van der Waals surface area contributed by atoms with Gasteiger partial charge in [-0.1, -0.05) is 36.4 Å². The van der Waals surface area contributed by atoms with Gasteiger partial charge in [-0.2, -0.15) is 0 Å². The Morgan fingerprint density at radius 2 is 1.91 bits per heavy atom. The Morgan fingerprint density at radius 3 is 2.70 bits per heavy atom.